The fraction of sp³-hybridized carbons (Fsp3) is 1.00. The van der Waals surface area contributed by atoms with Gasteiger partial charge in [0.1, 0.15) is 0 Å². The standard InChI is InChI=1S/C4H9BrO2/c1-4(6)7-3-2-5/h4,6H,2-3H2,1H3. The molecule has 1 atom stereocenters. The molecule has 0 fully saturated rings. The molecule has 1 unspecified atom stereocenters. The summed E-state index contributed by atoms with van der Waals surface area (Å²) in [6.45, 7) is 2.15. The Kier molecular flexibility index (Phi) is 4.82. The van der Waals surface area contributed by atoms with Gasteiger partial charge in [-0.2, -0.15) is 0 Å². The Morgan fingerprint density at radius 2 is 2.43 bits per heavy atom. The largest absolute Gasteiger partial charge is 0.368 e. The van der Waals surface area contributed by atoms with E-state index in [2.05, 4.69) is 15.9 Å². The molecule has 44 valence electrons. The summed E-state index contributed by atoms with van der Waals surface area (Å²) in [6.07, 6.45) is -0.627. The summed E-state index contributed by atoms with van der Waals surface area (Å²) in [5.74, 6) is 0. The monoisotopic (exact) mass is 168 g/mol. The lowest BCUT2D eigenvalue weighted by atomic mass is 10.7. The van der Waals surface area contributed by atoms with E-state index in [0.717, 1.165) is 5.33 Å². The molecule has 0 heterocycles. The zero-order valence-electron chi connectivity index (χ0n) is 4.22. The SMILES string of the molecule is CC(O)OCCBr. The minimum atomic E-state index is -0.627. The van der Waals surface area contributed by atoms with Crippen LogP contribution in [-0.2, 0) is 4.74 Å². The smallest absolute Gasteiger partial charge is 0.151 e. The van der Waals surface area contributed by atoms with E-state index in [-0.39, 0.29) is 0 Å². The van der Waals surface area contributed by atoms with E-state index in [0.29, 0.717) is 6.61 Å². The van der Waals surface area contributed by atoms with Gasteiger partial charge < -0.3 is 9.84 Å². The minimum absolute atomic E-state index is 0.567. The van der Waals surface area contributed by atoms with Crippen LogP contribution < -0.4 is 0 Å². The van der Waals surface area contributed by atoms with Crippen LogP contribution in [0.1, 0.15) is 6.92 Å². The number of ether oxygens (including phenoxy) is 1. The Bertz CT molecular complexity index is 38.7. The molecule has 0 spiro atoms. The number of alkyl halides is 1. The van der Waals surface area contributed by atoms with Gasteiger partial charge in [-0.3, -0.25) is 0 Å². The van der Waals surface area contributed by atoms with Crippen LogP contribution in [0.5, 0.6) is 0 Å². The van der Waals surface area contributed by atoms with Crippen LogP contribution >= 0.6 is 15.9 Å². The molecule has 2 nitrogen and oxygen atoms in total. The summed E-state index contributed by atoms with van der Waals surface area (Å²) in [7, 11) is 0. The van der Waals surface area contributed by atoms with E-state index in [4.69, 9.17) is 9.84 Å². The van der Waals surface area contributed by atoms with Gasteiger partial charge in [0.2, 0.25) is 0 Å². The number of halogens is 1. The zero-order chi connectivity index (χ0) is 5.70. The van der Waals surface area contributed by atoms with Gasteiger partial charge in [-0.1, -0.05) is 15.9 Å². The van der Waals surface area contributed by atoms with Gasteiger partial charge in [0.05, 0.1) is 6.61 Å². The van der Waals surface area contributed by atoms with Crippen LogP contribution in [0.4, 0.5) is 0 Å². The van der Waals surface area contributed by atoms with Crippen molar-refractivity contribution in [2.45, 2.75) is 13.2 Å². The molecule has 0 aliphatic carbocycles. The molecular weight excluding hydrogens is 160 g/mol. The maximum Gasteiger partial charge on any atom is 0.151 e. The molecule has 0 amide bonds. The third kappa shape index (κ3) is 6.40. The minimum Gasteiger partial charge on any atom is -0.368 e. The van der Waals surface area contributed by atoms with Crippen LogP contribution in [0, 0.1) is 0 Å². The maximum absolute atomic E-state index is 8.44. The average Bonchev–Trinajstić information content (AvgIpc) is 1.61. The second-order valence-electron chi connectivity index (χ2n) is 1.16. The van der Waals surface area contributed by atoms with Gasteiger partial charge in [-0.25, -0.2) is 0 Å². The molecule has 0 saturated carbocycles. The van der Waals surface area contributed by atoms with Crippen LogP contribution in [0.3, 0.4) is 0 Å². The molecule has 0 aromatic rings. The van der Waals surface area contributed by atoms with Crippen molar-refractivity contribution in [1.82, 2.24) is 0 Å². The van der Waals surface area contributed by atoms with Gasteiger partial charge in [0, 0.05) is 5.33 Å². The summed E-state index contributed by atoms with van der Waals surface area (Å²) < 4.78 is 4.70. The van der Waals surface area contributed by atoms with Crippen molar-refractivity contribution in [3.05, 3.63) is 0 Å². The van der Waals surface area contributed by atoms with Crippen molar-refractivity contribution in [2.75, 3.05) is 11.9 Å². The van der Waals surface area contributed by atoms with Gasteiger partial charge in [-0.15, -0.1) is 0 Å². The second-order valence-corrected chi connectivity index (χ2v) is 1.95. The highest BCUT2D eigenvalue weighted by molar-refractivity contribution is 9.09. The predicted octanol–water partition coefficient (Wildman–Crippen LogP) is 0.736. The van der Waals surface area contributed by atoms with E-state index in [9.17, 15) is 0 Å². The number of hydrogen-bond acceptors (Lipinski definition) is 2. The lowest BCUT2D eigenvalue weighted by Gasteiger charge is -2.01. The summed E-state index contributed by atoms with van der Waals surface area (Å²) in [5.41, 5.74) is 0. The molecule has 0 aromatic carbocycles. The Morgan fingerprint density at radius 1 is 1.86 bits per heavy atom. The molecule has 0 aliphatic rings. The van der Waals surface area contributed by atoms with E-state index >= 15 is 0 Å². The first-order valence-electron chi connectivity index (χ1n) is 2.13. The molecule has 1 N–H and O–H groups in total. The molecule has 3 heteroatoms. The highest BCUT2D eigenvalue weighted by Crippen LogP contribution is 1.85. The third-order valence-electron chi connectivity index (χ3n) is 0.436. The van der Waals surface area contributed by atoms with Gasteiger partial charge in [-0.05, 0) is 6.92 Å². The fourth-order valence-corrected chi connectivity index (χ4v) is 0.402. The molecule has 0 saturated heterocycles. The van der Waals surface area contributed by atoms with Gasteiger partial charge in [0.15, 0.2) is 6.29 Å². The molecule has 0 radical (unpaired) electrons. The topological polar surface area (TPSA) is 29.5 Å². The molecule has 0 aliphatic heterocycles. The fourth-order valence-electron chi connectivity index (χ4n) is 0.215. The Balaban J connectivity index is 2.68. The van der Waals surface area contributed by atoms with E-state index in [1.54, 1.807) is 6.92 Å². The number of rotatable bonds is 3. The highest BCUT2D eigenvalue weighted by atomic mass is 79.9. The first-order valence-corrected chi connectivity index (χ1v) is 3.25. The summed E-state index contributed by atoms with van der Waals surface area (Å²) in [6, 6.07) is 0. The van der Waals surface area contributed by atoms with Crippen molar-refractivity contribution in [3.63, 3.8) is 0 Å². The third-order valence-corrected chi connectivity index (χ3v) is 0.760. The van der Waals surface area contributed by atoms with Crippen LogP contribution in [0.15, 0.2) is 0 Å². The Labute approximate surface area is 51.6 Å². The van der Waals surface area contributed by atoms with Gasteiger partial charge in [0.25, 0.3) is 0 Å². The quantitative estimate of drug-likeness (QED) is 0.498. The average molecular weight is 169 g/mol. The van der Waals surface area contributed by atoms with Crippen LogP contribution in [0.2, 0.25) is 0 Å². The first-order chi connectivity index (χ1) is 3.27. The number of hydrogen-bond donors (Lipinski definition) is 1. The summed E-state index contributed by atoms with van der Waals surface area (Å²) in [5, 5.41) is 9.22. The summed E-state index contributed by atoms with van der Waals surface area (Å²) >= 11 is 3.14. The summed E-state index contributed by atoms with van der Waals surface area (Å²) in [4.78, 5) is 0. The van der Waals surface area contributed by atoms with Crippen molar-refractivity contribution < 1.29 is 9.84 Å². The van der Waals surface area contributed by atoms with Crippen molar-refractivity contribution in [2.24, 2.45) is 0 Å². The maximum atomic E-state index is 8.44. The van der Waals surface area contributed by atoms with Crippen molar-refractivity contribution >= 4 is 15.9 Å². The first kappa shape index (κ1) is 7.40. The molecular formula is C4H9BrO2. The van der Waals surface area contributed by atoms with Crippen LogP contribution in [-0.4, -0.2) is 23.3 Å². The molecule has 0 bridgehead atoms. The number of aliphatic hydroxyl groups is 1. The Hall–Kier alpha value is 0.400. The second kappa shape index (κ2) is 4.56. The normalized spacial score (nSPS) is 14.1. The molecule has 0 rings (SSSR count). The lowest BCUT2D eigenvalue weighted by Crippen LogP contribution is -2.07. The number of aliphatic hydroxyl groups excluding tert-OH is 1. The zero-order valence-corrected chi connectivity index (χ0v) is 5.81. The lowest BCUT2D eigenvalue weighted by molar-refractivity contribution is -0.0788. The van der Waals surface area contributed by atoms with Crippen molar-refractivity contribution in [1.29, 1.82) is 0 Å². The predicted molar refractivity (Wildman–Crippen MR) is 31.4 cm³/mol. The van der Waals surface area contributed by atoms with E-state index in [1.807, 2.05) is 0 Å². The molecule has 0 aromatic heterocycles. The van der Waals surface area contributed by atoms with E-state index in [1.165, 1.54) is 0 Å². The van der Waals surface area contributed by atoms with Crippen LogP contribution in [0.25, 0.3) is 0 Å². The van der Waals surface area contributed by atoms with Crippen molar-refractivity contribution in [3.8, 4) is 0 Å². The Morgan fingerprint density at radius 3 is 2.57 bits per heavy atom. The highest BCUT2D eigenvalue weighted by Gasteiger charge is 1.89. The molecule has 7 heavy (non-hydrogen) atoms. The van der Waals surface area contributed by atoms with Gasteiger partial charge >= 0.3 is 0 Å². The van der Waals surface area contributed by atoms with E-state index < -0.39 is 6.29 Å².